The van der Waals surface area contributed by atoms with Crippen molar-refractivity contribution >= 4 is 12.0 Å². The first-order valence-electron chi connectivity index (χ1n) is 13.2. The highest BCUT2D eigenvalue weighted by Gasteiger charge is 2.66. The molecule has 1 saturated carbocycles. The first-order chi connectivity index (χ1) is 17.3. The van der Waals surface area contributed by atoms with E-state index >= 15 is 0 Å². The van der Waals surface area contributed by atoms with E-state index in [9.17, 15) is 9.90 Å². The fraction of sp³-hybridized carbons (Fsp3) is 0.552. The van der Waals surface area contributed by atoms with Crippen LogP contribution in [-0.4, -0.2) is 66.2 Å². The summed E-state index contributed by atoms with van der Waals surface area (Å²) in [6.07, 6.45) is 10.3. The average molecular weight is 493 g/mol. The number of rotatable bonds is 6. The summed E-state index contributed by atoms with van der Waals surface area (Å²) in [7, 11) is 3.83. The number of furan rings is 1. The molecule has 1 aromatic carbocycles. The number of methoxy groups -OCH3 is 1. The lowest BCUT2D eigenvalue weighted by atomic mass is 9.51. The molecule has 2 aromatic rings. The summed E-state index contributed by atoms with van der Waals surface area (Å²) >= 11 is 0. The van der Waals surface area contributed by atoms with Gasteiger partial charge in [-0.15, -0.1) is 0 Å². The molecule has 6 rings (SSSR count). The number of likely N-dealkylation sites (tertiary alicyclic amines) is 1. The molecule has 2 aliphatic heterocycles. The number of ether oxygens (including phenoxy) is 2. The van der Waals surface area contributed by atoms with E-state index in [0.29, 0.717) is 35.9 Å². The monoisotopic (exact) mass is 492 g/mol. The number of carbonyl (C=O) groups excluding carboxylic acids is 1. The largest absolute Gasteiger partial charge is 0.508 e. The number of phenolic OH excluding ortho intramolecular Hbond substituents is 1. The maximum absolute atomic E-state index is 13.7. The van der Waals surface area contributed by atoms with Gasteiger partial charge in [-0.2, -0.15) is 0 Å². The van der Waals surface area contributed by atoms with E-state index < -0.39 is 0 Å². The van der Waals surface area contributed by atoms with Crippen LogP contribution >= 0.6 is 0 Å². The van der Waals surface area contributed by atoms with Crippen molar-refractivity contribution in [1.82, 2.24) is 9.80 Å². The lowest BCUT2D eigenvalue weighted by Crippen LogP contribution is -2.68. The van der Waals surface area contributed by atoms with Gasteiger partial charge in [-0.25, -0.2) is 0 Å². The second kappa shape index (κ2) is 8.58. The quantitative estimate of drug-likeness (QED) is 0.609. The lowest BCUT2D eigenvalue weighted by Gasteiger charge is -2.60. The van der Waals surface area contributed by atoms with Gasteiger partial charge in [0.2, 0.25) is 5.91 Å². The van der Waals surface area contributed by atoms with Gasteiger partial charge in [-0.05, 0) is 63.3 Å². The number of nitrogens with zero attached hydrogens (tertiary/aromatic N) is 2. The third kappa shape index (κ3) is 3.31. The van der Waals surface area contributed by atoms with Crippen molar-refractivity contribution in [3.8, 4) is 17.2 Å². The average Bonchev–Trinajstić information content (AvgIpc) is 3.50. The molecule has 3 heterocycles. The number of hydrogen-bond donors (Lipinski definition) is 1. The Morgan fingerprint density at radius 1 is 1.39 bits per heavy atom. The summed E-state index contributed by atoms with van der Waals surface area (Å²) in [5, 5.41) is 11.0. The molecule has 2 fully saturated rings. The number of hydrogen-bond acceptors (Lipinski definition) is 6. The number of amides is 1. The number of phenols is 1. The van der Waals surface area contributed by atoms with Gasteiger partial charge >= 0.3 is 0 Å². The fourth-order valence-corrected chi connectivity index (χ4v) is 7.65. The summed E-state index contributed by atoms with van der Waals surface area (Å²) in [6.45, 7) is 5.94. The Bertz CT molecular complexity index is 1190. The predicted molar refractivity (Wildman–Crippen MR) is 136 cm³/mol. The molecular formula is C29H36N2O5. The highest BCUT2D eigenvalue weighted by Crippen LogP contribution is 2.65. The summed E-state index contributed by atoms with van der Waals surface area (Å²) in [5.74, 6) is 2.41. The summed E-state index contributed by atoms with van der Waals surface area (Å²) < 4.78 is 17.7. The normalized spacial score (nSPS) is 30.4. The van der Waals surface area contributed by atoms with Crippen molar-refractivity contribution < 1.29 is 23.8 Å². The van der Waals surface area contributed by atoms with Crippen LogP contribution in [0.3, 0.4) is 0 Å². The van der Waals surface area contributed by atoms with Crippen molar-refractivity contribution in [3.05, 3.63) is 47.4 Å². The maximum Gasteiger partial charge on any atom is 0.246 e. The molecule has 2 aliphatic carbocycles. The standard InChI is InChI=1S/C29H36N2O5/c1-17(2)15-31(25(33)8-5-18-9-12-35-16-18)21-7-6-20-22-13-19-23(32)14-24(34-4)27-26(19)29(20,28(21)36-27)10-11-30(22)3/h5,8-9,12,14,16-17,20-22,28,32H,6-7,10-11,13,15H2,1-4H3/t20-,21-,22+,28+,29-/m0/s1. The third-order valence-corrected chi connectivity index (χ3v) is 9.08. The van der Waals surface area contributed by atoms with E-state index in [1.165, 1.54) is 0 Å². The SMILES string of the molecule is COc1cc(O)c2c3c1O[C@@H]1[C@@H](N(CC(C)C)C(=O)C=Cc4ccoc4)CC[C@H]4[C@@H](C2)N(C)CC[C@]314. The van der Waals surface area contributed by atoms with Crippen LogP contribution in [-0.2, 0) is 16.6 Å². The van der Waals surface area contributed by atoms with Gasteiger partial charge in [0.05, 0.1) is 25.7 Å². The van der Waals surface area contributed by atoms with Gasteiger partial charge in [0.15, 0.2) is 11.5 Å². The molecule has 1 N–H and O–H groups in total. The smallest absolute Gasteiger partial charge is 0.246 e. The molecule has 1 spiro atoms. The molecule has 5 atom stereocenters. The van der Waals surface area contributed by atoms with Gasteiger partial charge in [-0.1, -0.05) is 13.8 Å². The zero-order valence-corrected chi connectivity index (χ0v) is 21.6. The van der Waals surface area contributed by atoms with Crippen LogP contribution in [0.2, 0.25) is 0 Å². The second-order valence-corrected chi connectivity index (χ2v) is 11.4. The van der Waals surface area contributed by atoms with Gasteiger partial charge in [-0.3, -0.25) is 4.79 Å². The summed E-state index contributed by atoms with van der Waals surface area (Å²) in [4.78, 5) is 18.2. The Labute approximate surface area is 212 Å². The van der Waals surface area contributed by atoms with E-state index in [-0.39, 0.29) is 23.5 Å². The highest BCUT2D eigenvalue weighted by atomic mass is 16.5. The van der Waals surface area contributed by atoms with Crippen molar-refractivity contribution in [2.45, 2.75) is 63.1 Å². The minimum atomic E-state index is -0.223. The Morgan fingerprint density at radius 2 is 2.22 bits per heavy atom. The molecule has 1 amide bonds. The molecule has 7 nitrogen and oxygen atoms in total. The van der Waals surface area contributed by atoms with Crippen molar-refractivity contribution in [1.29, 1.82) is 0 Å². The number of aromatic hydroxyl groups is 1. The first-order valence-corrected chi connectivity index (χ1v) is 13.2. The maximum atomic E-state index is 13.7. The number of carbonyl (C=O) groups is 1. The van der Waals surface area contributed by atoms with Crippen molar-refractivity contribution in [3.63, 3.8) is 0 Å². The third-order valence-electron chi connectivity index (χ3n) is 9.08. The van der Waals surface area contributed by atoms with Gasteiger partial charge in [0.1, 0.15) is 11.9 Å². The van der Waals surface area contributed by atoms with Crippen molar-refractivity contribution in [2.75, 3.05) is 27.2 Å². The Kier molecular flexibility index (Phi) is 5.59. The molecule has 0 radical (unpaired) electrons. The van der Waals surface area contributed by atoms with E-state index in [1.54, 1.807) is 31.8 Å². The fourth-order valence-electron chi connectivity index (χ4n) is 7.65. The van der Waals surface area contributed by atoms with Crippen LogP contribution < -0.4 is 9.47 Å². The Morgan fingerprint density at radius 3 is 2.94 bits per heavy atom. The molecule has 1 saturated heterocycles. The van der Waals surface area contributed by atoms with Crippen LogP contribution in [0.4, 0.5) is 0 Å². The van der Waals surface area contributed by atoms with Gasteiger partial charge in [0, 0.05) is 46.8 Å². The second-order valence-electron chi connectivity index (χ2n) is 11.4. The van der Waals surface area contributed by atoms with Crippen LogP contribution in [0.25, 0.3) is 6.08 Å². The number of piperidine rings is 1. The molecule has 192 valence electrons. The molecule has 36 heavy (non-hydrogen) atoms. The lowest BCUT2D eigenvalue weighted by molar-refractivity contribution is -0.138. The van der Waals surface area contributed by atoms with Crippen LogP contribution in [0.1, 0.15) is 49.8 Å². The predicted octanol–water partition coefficient (Wildman–Crippen LogP) is 4.23. The first kappa shape index (κ1) is 23.5. The van der Waals surface area contributed by atoms with Crippen LogP contribution in [0.5, 0.6) is 17.2 Å². The van der Waals surface area contributed by atoms with Crippen molar-refractivity contribution in [2.24, 2.45) is 11.8 Å². The Hall–Kier alpha value is -2.93. The van der Waals surface area contributed by atoms with Crippen LogP contribution in [0, 0.1) is 11.8 Å². The highest BCUT2D eigenvalue weighted by molar-refractivity contribution is 5.92. The van der Waals surface area contributed by atoms with E-state index in [1.807, 2.05) is 17.0 Å². The molecule has 1 aromatic heterocycles. The molecular weight excluding hydrogens is 456 g/mol. The van der Waals surface area contributed by atoms with Crippen LogP contribution in [0.15, 0.2) is 35.2 Å². The number of likely N-dealkylation sites (N-methyl/N-ethyl adjacent to an activating group) is 1. The minimum absolute atomic E-state index is 0.000344. The zero-order chi connectivity index (χ0) is 25.2. The van der Waals surface area contributed by atoms with Gasteiger partial charge < -0.3 is 28.8 Å². The molecule has 0 unspecified atom stereocenters. The molecule has 7 heteroatoms. The topological polar surface area (TPSA) is 75.4 Å². The summed E-state index contributed by atoms with van der Waals surface area (Å²) in [5.41, 5.74) is 2.80. The zero-order valence-electron chi connectivity index (χ0n) is 21.6. The van der Waals surface area contributed by atoms with Gasteiger partial charge in [0.25, 0.3) is 0 Å². The summed E-state index contributed by atoms with van der Waals surface area (Å²) in [6, 6.07) is 3.86. The Balaban J connectivity index is 1.44. The van der Waals surface area contributed by atoms with E-state index in [0.717, 1.165) is 54.7 Å². The minimum Gasteiger partial charge on any atom is -0.508 e. The number of benzene rings is 1. The van der Waals surface area contributed by atoms with E-state index in [4.69, 9.17) is 13.9 Å². The molecule has 2 bridgehead atoms. The molecule has 4 aliphatic rings. The van der Waals surface area contributed by atoms with E-state index in [2.05, 4.69) is 25.8 Å².